The molecule has 0 unspecified atom stereocenters. The van der Waals surface area contributed by atoms with Gasteiger partial charge in [0.05, 0.1) is 23.4 Å². The van der Waals surface area contributed by atoms with Crippen molar-refractivity contribution < 1.29 is 0 Å². The number of aromatic nitrogens is 2. The van der Waals surface area contributed by atoms with E-state index in [-0.39, 0.29) is 6.04 Å². The zero-order chi connectivity index (χ0) is 20.7. The van der Waals surface area contributed by atoms with E-state index >= 15 is 0 Å². The van der Waals surface area contributed by atoms with Gasteiger partial charge < -0.3 is 14.4 Å². The van der Waals surface area contributed by atoms with Crippen molar-refractivity contribution in [1.29, 1.82) is 0 Å². The molecule has 0 spiro atoms. The predicted octanol–water partition coefficient (Wildman–Crippen LogP) is 6.02. The van der Waals surface area contributed by atoms with Crippen LogP contribution in [0.15, 0.2) is 42.7 Å². The van der Waals surface area contributed by atoms with Crippen LogP contribution in [0.3, 0.4) is 0 Å². The number of hydrogen-bond acceptors (Lipinski definition) is 3. The largest absolute Gasteiger partial charge is 0.371 e. The summed E-state index contributed by atoms with van der Waals surface area (Å²) < 4.78 is 2.21. The Morgan fingerprint density at radius 3 is 2.47 bits per heavy atom. The van der Waals surface area contributed by atoms with Crippen molar-refractivity contribution in [3.63, 3.8) is 0 Å². The highest BCUT2D eigenvalue weighted by Crippen LogP contribution is 2.32. The Labute approximate surface area is 188 Å². The Morgan fingerprint density at radius 2 is 1.73 bits per heavy atom. The zero-order valence-corrected chi connectivity index (χ0v) is 18.9. The van der Waals surface area contributed by atoms with Crippen LogP contribution < -0.4 is 4.90 Å². The summed E-state index contributed by atoms with van der Waals surface area (Å²) in [5, 5.41) is 1.35. The van der Waals surface area contributed by atoms with E-state index in [1.165, 1.54) is 44.5 Å². The lowest BCUT2D eigenvalue weighted by Gasteiger charge is -2.37. The molecule has 2 saturated heterocycles. The van der Waals surface area contributed by atoms with E-state index in [1.54, 1.807) is 0 Å². The third kappa shape index (κ3) is 3.81. The molecule has 158 valence electrons. The van der Waals surface area contributed by atoms with Crippen LogP contribution in [-0.2, 0) is 0 Å². The van der Waals surface area contributed by atoms with Gasteiger partial charge in [-0.15, -0.1) is 0 Å². The topological polar surface area (TPSA) is 24.3 Å². The standard InChI is InChI=1S/C24H28Cl2N4/c1-17(21-6-4-18(25)14-22(21)26)30-16-27-23-7-5-20(15-24(23)30)29-12-8-19(9-13-29)28-10-2-3-11-28/h4-7,14-17,19H,2-3,8-13H2,1H3/t17-/m1/s1. The number of anilines is 1. The van der Waals surface area contributed by atoms with Crippen molar-refractivity contribution in [2.24, 2.45) is 0 Å². The molecule has 1 atom stereocenters. The molecule has 2 aromatic carbocycles. The van der Waals surface area contributed by atoms with Gasteiger partial charge in [-0.05, 0) is 81.6 Å². The third-order valence-electron chi connectivity index (χ3n) is 6.87. The fraction of sp³-hybridized carbons (Fsp3) is 0.458. The van der Waals surface area contributed by atoms with Gasteiger partial charge in [-0.3, -0.25) is 0 Å². The maximum Gasteiger partial charge on any atom is 0.0964 e. The molecule has 30 heavy (non-hydrogen) atoms. The number of fused-ring (bicyclic) bond motifs is 1. The van der Waals surface area contributed by atoms with Gasteiger partial charge in [0.15, 0.2) is 0 Å². The molecule has 3 heterocycles. The number of halogens is 2. The lowest BCUT2D eigenvalue weighted by molar-refractivity contribution is 0.208. The van der Waals surface area contributed by atoms with E-state index in [9.17, 15) is 0 Å². The summed E-state index contributed by atoms with van der Waals surface area (Å²) in [5.74, 6) is 0. The zero-order valence-electron chi connectivity index (χ0n) is 17.4. The van der Waals surface area contributed by atoms with Crippen molar-refractivity contribution in [2.45, 2.75) is 44.7 Å². The van der Waals surface area contributed by atoms with Gasteiger partial charge >= 0.3 is 0 Å². The Balaban J connectivity index is 1.38. The van der Waals surface area contributed by atoms with E-state index in [4.69, 9.17) is 23.2 Å². The highest BCUT2D eigenvalue weighted by molar-refractivity contribution is 6.35. The molecule has 0 N–H and O–H groups in total. The number of nitrogens with zero attached hydrogens (tertiary/aromatic N) is 4. The first-order valence-corrected chi connectivity index (χ1v) is 11.8. The van der Waals surface area contributed by atoms with E-state index in [2.05, 4.69) is 44.5 Å². The van der Waals surface area contributed by atoms with Crippen molar-refractivity contribution in [3.8, 4) is 0 Å². The fourth-order valence-electron chi connectivity index (χ4n) is 5.11. The molecular formula is C24H28Cl2N4. The number of imidazole rings is 1. The molecule has 0 radical (unpaired) electrons. The number of hydrogen-bond donors (Lipinski definition) is 0. The van der Waals surface area contributed by atoms with Gasteiger partial charge in [-0.1, -0.05) is 29.3 Å². The second-order valence-electron chi connectivity index (χ2n) is 8.63. The summed E-state index contributed by atoms with van der Waals surface area (Å²) in [6.45, 7) is 6.99. The summed E-state index contributed by atoms with van der Waals surface area (Å²) in [4.78, 5) is 9.86. The number of likely N-dealkylation sites (tertiary alicyclic amines) is 1. The molecule has 5 rings (SSSR count). The predicted molar refractivity (Wildman–Crippen MR) is 126 cm³/mol. The minimum Gasteiger partial charge on any atom is -0.371 e. The fourth-order valence-corrected chi connectivity index (χ4v) is 5.67. The first-order chi connectivity index (χ1) is 14.6. The summed E-state index contributed by atoms with van der Waals surface area (Å²) >= 11 is 12.6. The van der Waals surface area contributed by atoms with Crippen molar-refractivity contribution in [3.05, 3.63) is 58.3 Å². The van der Waals surface area contributed by atoms with Gasteiger partial charge in [0.2, 0.25) is 0 Å². The average molecular weight is 443 g/mol. The lowest BCUT2D eigenvalue weighted by atomic mass is 10.0. The smallest absolute Gasteiger partial charge is 0.0964 e. The Bertz CT molecular complexity index is 1030. The summed E-state index contributed by atoms with van der Waals surface area (Å²) in [6, 6.07) is 13.2. The van der Waals surface area contributed by atoms with Crippen LogP contribution in [0, 0.1) is 0 Å². The molecule has 0 amide bonds. The first-order valence-electron chi connectivity index (χ1n) is 11.0. The molecule has 2 fully saturated rings. The molecular weight excluding hydrogens is 415 g/mol. The molecule has 4 nitrogen and oxygen atoms in total. The second-order valence-corrected chi connectivity index (χ2v) is 9.47. The van der Waals surface area contributed by atoms with E-state index in [1.807, 2.05) is 24.5 Å². The number of piperidine rings is 1. The van der Waals surface area contributed by atoms with Crippen LogP contribution in [-0.4, -0.2) is 46.7 Å². The quantitative estimate of drug-likeness (QED) is 0.493. The van der Waals surface area contributed by atoms with Crippen LogP contribution in [0.1, 0.15) is 44.2 Å². The minimum absolute atomic E-state index is 0.0796. The van der Waals surface area contributed by atoms with Gasteiger partial charge in [-0.2, -0.15) is 0 Å². The van der Waals surface area contributed by atoms with Crippen LogP contribution >= 0.6 is 23.2 Å². The van der Waals surface area contributed by atoms with Crippen molar-refractivity contribution in [2.75, 3.05) is 31.1 Å². The molecule has 0 aliphatic carbocycles. The number of rotatable bonds is 4. The molecule has 2 aliphatic heterocycles. The highest BCUT2D eigenvalue weighted by Gasteiger charge is 2.26. The summed E-state index contributed by atoms with van der Waals surface area (Å²) in [7, 11) is 0. The van der Waals surface area contributed by atoms with Crippen LogP contribution in [0.2, 0.25) is 10.0 Å². The van der Waals surface area contributed by atoms with Crippen molar-refractivity contribution >= 4 is 39.9 Å². The van der Waals surface area contributed by atoms with Crippen molar-refractivity contribution in [1.82, 2.24) is 14.5 Å². The Kier molecular flexibility index (Phi) is 5.65. The maximum absolute atomic E-state index is 6.48. The van der Waals surface area contributed by atoms with E-state index in [0.29, 0.717) is 10.0 Å². The highest BCUT2D eigenvalue weighted by atomic mass is 35.5. The molecule has 0 saturated carbocycles. The Morgan fingerprint density at radius 1 is 0.967 bits per heavy atom. The normalized spacial score (nSPS) is 19.6. The van der Waals surface area contributed by atoms with Crippen LogP contribution in [0.5, 0.6) is 0 Å². The molecule has 0 bridgehead atoms. The van der Waals surface area contributed by atoms with Crippen LogP contribution in [0.25, 0.3) is 11.0 Å². The maximum atomic E-state index is 6.48. The molecule has 3 aromatic rings. The van der Waals surface area contributed by atoms with E-state index in [0.717, 1.165) is 35.7 Å². The average Bonchev–Trinajstić information content (AvgIpc) is 3.43. The van der Waals surface area contributed by atoms with Gasteiger partial charge in [0.25, 0.3) is 0 Å². The number of benzene rings is 2. The van der Waals surface area contributed by atoms with Gasteiger partial charge in [0.1, 0.15) is 0 Å². The monoisotopic (exact) mass is 442 g/mol. The Hall–Kier alpha value is -1.75. The van der Waals surface area contributed by atoms with Crippen LogP contribution in [0.4, 0.5) is 5.69 Å². The molecule has 1 aromatic heterocycles. The molecule has 6 heteroatoms. The molecule has 2 aliphatic rings. The second kappa shape index (κ2) is 8.41. The first kappa shape index (κ1) is 20.2. The van der Waals surface area contributed by atoms with E-state index < -0.39 is 0 Å². The summed E-state index contributed by atoms with van der Waals surface area (Å²) in [5.41, 5.74) is 4.51. The van der Waals surface area contributed by atoms with Gasteiger partial charge in [-0.25, -0.2) is 4.98 Å². The summed E-state index contributed by atoms with van der Waals surface area (Å²) in [6.07, 6.45) is 7.18. The minimum atomic E-state index is 0.0796. The third-order valence-corrected chi connectivity index (χ3v) is 7.44. The van der Waals surface area contributed by atoms with Gasteiger partial charge in [0, 0.05) is 34.9 Å². The SMILES string of the molecule is C[C@H](c1ccc(Cl)cc1Cl)n1cnc2ccc(N3CCC(N4CCCC4)CC3)cc21. The lowest BCUT2D eigenvalue weighted by Crippen LogP contribution is -2.43.